The molecule has 1 saturated carbocycles. The van der Waals surface area contributed by atoms with Gasteiger partial charge in [-0.3, -0.25) is 0 Å². The van der Waals surface area contributed by atoms with E-state index in [4.69, 9.17) is 14.2 Å². The molecule has 0 N–H and O–H groups in total. The summed E-state index contributed by atoms with van der Waals surface area (Å²) in [6.45, 7) is 1.97. The lowest BCUT2D eigenvalue weighted by atomic mass is 9.85. The van der Waals surface area contributed by atoms with Gasteiger partial charge in [-0.05, 0) is 29.9 Å². The van der Waals surface area contributed by atoms with E-state index in [9.17, 15) is 0 Å². The van der Waals surface area contributed by atoms with E-state index in [0.717, 1.165) is 12.8 Å². The first-order valence-corrected chi connectivity index (χ1v) is 12.8. The van der Waals surface area contributed by atoms with Gasteiger partial charge in [0, 0.05) is 12.8 Å². The predicted octanol–water partition coefficient (Wildman–Crippen LogP) is 7.09. The zero-order valence-electron chi connectivity index (χ0n) is 19.5. The lowest BCUT2D eigenvalue weighted by Crippen LogP contribution is -2.42. The van der Waals surface area contributed by atoms with Crippen LogP contribution in [0.1, 0.15) is 75.3 Å². The third kappa shape index (κ3) is 7.72. The summed E-state index contributed by atoms with van der Waals surface area (Å²) in [6.07, 6.45) is 13.4. The van der Waals surface area contributed by atoms with E-state index in [1.54, 1.807) is 0 Å². The van der Waals surface area contributed by atoms with Gasteiger partial charge >= 0.3 is 0 Å². The molecule has 0 bridgehead atoms. The summed E-state index contributed by atoms with van der Waals surface area (Å²) in [5.41, 5.74) is 2.46. The molecule has 0 amide bonds. The standard InChI is InChI=1S/C29H40O3/c1-2-4-12-18-26(17-11-3-1)29-20-27(31-22-25-15-9-6-10-16-25)19-28(32-29)23-30-21-24-13-7-5-8-14-24/h5-10,13-16,26-29H,1-4,11-12,17-23H2. The first-order valence-electron chi connectivity index (χ1n) is 12.8. The van der Waals surface area contributed by atoms with Gasteiger partial charge in [0.1, 0.15) is 0 Å². The number of benzene rings is 2. The van der Waals surface area contributed by atoms with Crippen LogP contribution in [-0.2, 0) is 27.4 Å². The first-order chi connectivity index (χ1) is 15.9. The molecule has 4 rings (SSSR count). The van der Waals surface area contributed by atoms with Crippen molar-refractivity contribution in [2.75, 3.05) is 6.61 Å². The van der Waals surface area contributed by atoms with E-state index in [1.807, 2.05) is 6.07 Å². The molecule has 3 unspecified atom stereocenters. The second-order valence-electron chi connectivity index (χ2n) is 9.65. The molecule has 32 heavy (non-hydrogen) atoms. The summed E-state index contributed by atoms with van der Waals surface area (Å²) in [6, 6.07) is 20.9. The van der Waals surface area contributed by atoms with Gasteiger partial charge in [-0.1, -0.05) is 99.2 Å². The lowest BCUT2D eigenvalue weighted by molar-refractivity contribution is -0.156. The minimum atomic E-state index is 0.117. The highest BCUT2D eigenvalue weighted by Crippen LogP contribution is 2.34. The number of ether oxygens (including phenoxy) is 3. The lowest BCUT2D eigenvalue weighted by Gasteiger charge is -2.39. The maximum atomic E-state index is 6.68. The topological polar surface area (TPSA) is 27.7 Å². The van der Waals surface area contributed by atoms with Crippen molar-refractivity contribution in [1.29, 1.82) is 0 Å². The molecular weight excluding hydrogens is 396 g/mol. The summed E-state index contributed by atoms with van der Waals surface area (Å²) in [4.78, 5) is 0. The van der Waals surface area contributed by atoms with Crippen molar-refractivity contribution in [3.05, 3.63) is 71.8 Å². The Balaban J connectivity index is 1.35. The summed E-state index contributed by atoms with van der Waals surface area (Å²) in [5, 5.41) is 0. The zero-order valence-corrected chi connectivity index (χ0v) is 19.5. The fraction of sp³-hybridized carbons (Fsp3) is 0.586. The molecule has 2 aromatic rings. The Kier molecular flexibility index (Phi) is 9.63. The van der Waals surface area contributed by atoms with Gasteiger partial charge in [0.05, 0.1) is 38.1 Å². The molecule has 2 aliphatic rings. The van der Waals surface area contributed by atoms with E-state index >= 15 is 0 Å². The maximum absolute atomic E-state index is 6.68. The molecule has 0 radical (unpaired) electrons. The summed E-state index contributed by atoms with van der Waals surface area (Å²) in [7, 11) is 0. The highest BCUT2D eigenvalue weighted by molar-refractivity contribution is 5.14. The zero-order chi connectivity index (χ0) is 21.8. The van der Waals surface area contributed by atoms with Crippen LogP contribution in [0.15, 0.2) is 60.7 Å². The van der Waals surface area contributed by atoms with Crippen molar-refractivity contribution in [2.24, 2.45) is 5.92 Å². The average molecular weight is 437 g/mol. The van der Waals surface area contributed by atoms with E-state index < -0.39 is 0 Å². The third-order valence-corrected chi connectivity index (χ3v) is 7.06. The molecular formula is C29H40O3. The molecule has 3 nitrogen and oxygen atoms in total. The molecule has 2 fully saturated rings. The first kappa shape index (κ1) is 23.5. The van der Waals surface area contributed by atoms with Gasteiger partial charge in [0.25, 0.3) is 0 Å². The predicted molar refractivity (Wildman–Crippen MR) is 129 cm³/mol. The van der Waals surface area contributed by atoms with Gasteiger partial charge < -0.3 is 14.2 Å². The van der Waals surface area contributed by atoms with Gasteiger partial charge in [-0.2, -0.15) is 0 Å². The maximum Gasteiger partial charge on any atom is 0.0837 e. The molecule has 0 spiro atoms. The smallest absolute Gasteiger partial charge is 0.0837 e. The quantitative estimate of drug-likeness (QED) is 0.442. The molecule has 3 atom stereocenters. The Hall–Kier alpha value is -1.68. The van der Waals surface area contributed by atoms with Crippen LogP contribution in [0.4, 0.5) is 0 Å². The Morgan fingerprint density at radius 2 is 1.28 bits per heavy atom. The van der Waals surface area contributed by atoms with Crippen LogP contribution >= 0.6 is 0 Å². The van der Waals surface area contributed by atoms with Gasteiger partial charge in [0.2, 0.25) is 0 Å². The SMILES string of the molecule is c1ccc(COCC2CC(OCc3ccccc3)CC(C3CCCCCCCC3)O2)cc1. The number of rotatable bonds is 8. The van der Waals surface area contributed by atoms with Gasteiger partial charge in [-0.15, -0.1) is 0 Å². The largest absolute Gasteiger partial charge is 0.374 e. The summed E-state index contributed by atoms with van der Waals surface area (Å²) in [5.74, 6) is 0.660. The number of hydrogen-bond acceptors (Lipinski definition) is 3. The van der Waals surface area contributed by atoms with E-state index in [1.165, 1.54) is 62.5 Å². The highest BCUT2D eigenvalue weighted by Gasteiger charge is 2.34. The Morgan fingerprint density at radius 1 is 0.688 bits per heavy atom. The van der Waals surface area contributed by atoms with E-state index in [0.29, 0.717) is 31.8 Å². The average Bonchev–Trinajstić information content (AvgIpc) is 2.98. The molecule has 174 valence electrons. The van der Waals surface area contributed by atoms with Crippen molar-refractivity contribution in [3.8, 4) is 0 Å². The fourth-order valence-electron chi connectivity index (χ4n) is 5.26. The second kappa shape index (κ2) is 13.1. The van der Waals surface area contributed by atoms with Crippen LogP contribution in [0.25, 0.3) is 0 Å². The minimum absolute atomic E-state index is 0.117. The molecule has 2 aromatic carbocycles. The van der Waals surface area contributed by atoms with Crippen molar-refractivity contribution < 1.29 is 14.2 Å². The number of hydrogen-bond donors (Lipinski definition) is 0. The van der Waals surface area contributed by atoms with Gasteiger partial charge in [0.15, 0.2) is 0 Å². The molecule has 0 aromatic heterocycles. The van der Waals surface area contributed by atoms with E-state index in [-0.39, 0.29) is 12.2 Å². The summed E-state index contributed by atoms with van der Waals surface area (Å²) >= 11 is 0. The van der Waals surface area contributed by atoms with E-state index in [2.05, 4.69) is 54.6 Å². The van der Waals surface area contributed by atoms with Crippen LogP contribution < -0.4 is 0 Å². The normalized spacial score (nSPS) is 25.6. The van der Waals surface area contributed by atoms with Crippen LogP contribution in [0, 0.1) is 5.92 Å². The molecule has 1 saturated heterocycles. The molecule has 1 heterocycles. The van der Waals surface area contributed by atoms with Crippen LogP contribution in [0.3, 0.4) is 0 Å². The molecule has 1 aliphatic carbocycles. The monoisotopic (exact) mass is 436 g/mol. The minimum Gasteiger partial charge on any atom is -0.374 e. The fourth-order valence-corrected chi connectivity index (χ4v) is 5.26. The van der Waals surface area contributed by atoms with Crippen molar-refractivity contribution in [1.82, 2.24) is 0 Å². The molecule has 1 aliphatic heterocycles. The third-order valence-electron chi connectivity index (χ3n) is 7.06. The molecule has 3 heteroatoms. The van der Waals surface area contributed by atoms with Crippen LogP contribution in [0.2, 0.25) is 0 Å². The van der Waals surface area contributed by atoms with Crippen molar-refractivity contribution >= 4 is 0 Å². The second-order valence-corrected chi connectivity index (χ2v) is 9.65. The summed E-state index contributed by atoms with van der Waals surface area (Å²) < 4.78 is 19.2. The van der Waals surface area contributed by atoms with Crippen LogP contribution in [0.5, 0.6) is 0 Å². The van der Waals surface area contributed by atoms with Crippen molar-refractivity contribution in [3.63, 3.8) is 0 Å². The Morgan fingerprint density at radius 3 is 1.94 bits per heavy atom. The highest BCUT2D eigenvalue weighted by atomic mass is 16.5. The van der Waals surface area contributed by atoms with Gasteiger partial charge in [-0.25, -0.2) is 0 Å². The Bertz CT molecular complexity index is 738. The Labute approximate surface area is 194 Å². The van der Waals surface area contributed by atoms with Crippen LogP contribution in [-0.4, -0.2) is 24.9 Å². The van der Waals surface area contributed by atoms with Crippen molar-refractivity contribution in [2.45, 2.75) is 95.7 Å².